The molecule has 0 spiro atoms. The number of aryl methyl sites for hydroxylation is 2. The lowest BCUT2D eigenvalue weighted by atomic mass is 9.89. The molecule has 0 bridgehead atoms. The number of Topliss-reactive ketones (excluding diaryl/α,β-unsaturated/α-hetero) is 1. The summed E-state index contributed by atoms with van der Waals surface area (Å²) < 4.78 is 0. The van der Waals surface area contributed by atoms with Crippen LogP contribution in [0.4, 0.5) is 0 Å². The molecule has 1 aromatic carbocycles. The van der Waals surface area contributed by atoms with Crippen molar-refractivity contribution in [1.29, 1.82) is 0 Å². The highest BCUT2D eigenvalue weighted by Crippen LogP contribution is 2.22. The first-order valence-electron chi connectivity index (χ1n) is 6.67. The predicted molar refractivity (Wildman–Crippen MR) is 71.8 cm³/mol. The molecule has 4 nitrogen and oxygen atoms in total. The minimum Gasteiger partial charge on any atom is -0.294 e. The highest BCUT2D eigenvalue weighted by Gasteiger charge is 2.13. The first kappa shape index (κ1) is 13.7. The zero-order chi connectivity index (χ0) is 13.7. The van der Waals surface area contributed by atoms with E-state index < -0.39 is 0 Å². The molecule has 0 saturated carbocycles. The molecule has 4 heteroatoms. The van der Waals surface area contributed by atoms with Crippen molar-refractivity contribution in [2.45, 2.75) is 38.5 Å². The van der Waals surface area contributed by atoms with Crippen LogP contribution in [-0.2, 0) is 22.5 Å². The van der Waals surface area contributed by atoms with Gasteiger partial charge in [-0.1, -0.05) is 12.1 Å². The van der Waals surface area contributed by atoms with Gasteiger partial charge in [0.1, 0.15) is 0 Å². The number of carbonyl (C=O) groups is 2. The number of fused-ring (bicyclic) bond motifs is 1. The fourth-order valence-corrected chi connectivity index (χ4v) is 2.44. The zero-order valence-electron chi connectivity index (χ0n) is 11.2. The number of ketones is 1. The van der Waals surface area contributed by atoms with E-state index in [1.807, 2.05) is 12.1 Å². The fourth-order valence-electron chi connectivity index (χ4n) is 2.44. The Labute approximate surface area is 113 Å². The third-order valence-corrected chi connectivity index (χ3v) is 3.47. The SMILES string of the molecule is CONC(=O)CCC(=O)c1ccc2c(c1)CCCC2. The van der Waals surface area contributed by atoms with Crippen molar-refractivity contribution in [2.24, 2.45) is 0 Å². The Bertz CT molecular complexity index is 482. The van der Waals surface area contributed by atoms with Crippen LogP contribution in [0.5, 0.6) is 0 Å². The quantitative estimate of drug-likeness (QED) is 0.653. The Morgan fingerprint density at radius 3 is 2.63 bits per heavy atom. The standard InChI is InChI=1S/C15H19NO3/c1-19-16-15(18)9-8-14(17)13-7-6-11-4-2-3-5-12(11)10-13/h6-7,10H,2-5,8-9H2,1H3,(H,16,18). The van der Waals surface area contributed by atoms with Crippen molar-refractivity contribution in [3.05, 3.63) is 34.9 Å². The Kier molecular flexibility index (Phi) is 4.68. The van der Waals surface area contributed by atoms with E-state index in [-0.39, 0.29) is 24.5 Å². The molecule has 0 atom stereocenters. The van der Waals surface area contributed by atoms with Crippen molar-refractivity contribution in [3.8, 4) is 0 Å². The van der Waals surface area contributed by atoms with E-state index in [4.69, 9.17) is 0 Å². The Balaban J connectivity index is 1.97. The van der Waals surface area contributed by atoms with Gasteiger partial charge in [-0.2, -0.15) is 0 Å². The smallest absolute Gasteiger partial charge is 0.243 e. The topological polar surface area (TPSA) is 55.4 Å². The summed E-state index contributed by atoms with van der Waals surface area (Å²) in [5.41, 5.74) is 5.58. The fraction of sp³-hybridized carbons (Fsp3) is 0.467. The second-order valence-electron chi connectivity index (χ2n) is 4.84. The van der Waals surface area contributed by atoms with Crippen LogP contribution in [0.3, 0.4) is 0 Å². The van der Waals surface area contributed by atoms with E-state index in [0.29, 0.717) is 5.56 Å². The molecule has 2 rings (SSSR count). The average Bonchev–Trinajstić information content (AvgIpc) is 2.44. The highest BCUT2D eigenvalue weighted by atomic mass is 16.6. The highest BCUT2D eigenvalue weighted by molar-refractivity contribution is 5.98. The molecule has 19 heavy (non-hydrogen) atoms. The number of benzene rings is 1. The van der Waals surface area contributed by atoms with Gasteiger partial charge in [0.15, 0.2) is 5.78 Å². The van der Waals surface area contributed by atoms with Crippen molar-refractivity contribution in [1.82, 2.24) is 5.48 Å². The van der Waals surface area contributed by atoms with E-state index in [0.717, 1.165) is 12.8 Å². The van der Waals surface area contributed by atoms with Crippen LogP contribution in [0, 0.1) is 0 Å². The van der Waals surface area contributed by atoms with E-state index in [2.05, 4.69) is 16.4 Å². The average molecular weight is 261 g/mol. The lowest BCUT2D eigenvalue weighted by Gasteiger charge is -2.16. The summed E-state index contributed by atoms with van der Waals surface area (Å²) in [5.74, 6) is -0.256. The van der Waals surface area contributed by atoms with Gasteiger partial charge in [0.2, 0.25) is 5.91 Å². The summed E-state index contributed by atoms with van der Waals surface area (Å²) in [6.07, 6.45) is 4.97. The number of rotatable bonds is 5. The third kappa shape index (κ3) is 3.64. The minimum absolute atomic E-state index is 0.0135. The predicted octanol–water partition coefficient (Wildman–Crippen LogP) is 2.21. The summed E-state index contributed by atoms with van der Waals surface area (Å²) in [6.45, 7) is 0. The molecule has 1 aliphatic rings. The molecule has 0 radical (unpaired) electrons. The third-order valence-electron chi connectivity index (χ3n) is 3.47. The molecule has 0 aromatic heterocycles. The minimum atomic E-state index is -0.270. The molecular formula is C15H19NO3. The van der Waals surface area contributed by atoms with Gasteiger partial charge in [-0.15, -0.1) is 0 Å². The van der Waals surface area contributed by atoms with E-state index in [9.17, 15) is 9.59 Å². The normalized spacial score (nSPS) is 13.7. The van der Waals surface area contributed by atoms with Crippen molar-refractivity contribution in [2.75, 3.05) is 7.11 Å². The summed E-state index contributed by atoms with van der Waals surface area (Å²) in [7, 11) is 1.38. The molecule has 1 aliphatic carbocycles. The molecule has 0 aliphatic heterocycles. The van der Waals surface area contributed by atoms with Crippen molar-refractivity contribution >= 4 is 11.7 Å². The van der Waals surface area contributed by atoms with E-state index in [1.165, 1.54) is 31.1 Å². The van der Waals surface area contributed by atoms with Crippen LogP contribution in [0.15, 0.2) is 18.2 Å². The van der Waals surface area contributed by atoms with Gasteiger partial charge in [-0.05, 0) is 42.9 Å². The molecular weight excluding hydrogens is 242 g/mol. The monoisotopic (exact) mass is 261 g/mol. The molecule has 1 N–H and O–H groups in total. The molecule has 1 amide bonds. The van der Waals surface area contributed by atoms with Gasteiger partial charge in [0, 0.05) is 18.4 Å². The molecule has 0 saturated heterocycles. The van der Waals surface area contributed by atoms with Crippen LogP contribution in [0.1, 0.15) is 47.2 Å². The van der Waals surface area contributed by atoms with Gasteiger partial charge in [0.05, 0.1) is 7.11 Å². The maximum Gasteiger partial charge on any atom is 0.243 e. The molecule has 0 heterocycles. The molecule has 102 valence electrons. The lowest BCUT2D eigenvalue weighted by molar-refractivity contribution is -0.131. The number of amides is 1. The number of nitrogens with one attached hydrogen (secondary N) is 1. The van der Waals surface area contributed by atoms with Crippen LogP contribution in [-0.4, -0.2) is 18.8 Å². The van der Waals surface area contributed by atoms with Gasteiger partial charge >= 0.3 is 0 Å². The second kappa shape index (κ2) is 6.48. The molecule has 1 aromatic rings. The van der Waals surface area contributed by atoms with E-state index >= 15 is 0 Å². The number of carbonyl (C=O) groups excluding carboxylic acids is 2. The van der Waals surface area contributed by atoms with Gasteiger partial charge in [-0.3, -0.25) is 14.4 Å². The zero-order valence-corrected chi connectivity index (χ0v) is 11.2. The van der Waals surface area contributed by atoms with Gasteiger partial charge in [0.25, 0.3) is 0 Å². The maximum atomic E-state index is 12.0. The summed E-state index contributed by atoms with van der Waals surface area (Å²) in [5, 5.41) is 0. The van der Waals surface area contributed by atoms with Gasteiger partial charge < -0.3 is 0 Å². The Hall–Kier alpha value is -1.68. The van der Waals surface area contributed by atoms with Crippen molar-refractivity contribution in [3.63, 3.8) is 0 Å². The maximum absolute atomic E-state index is 12.0. The lowest BCUT2D eigenvalue weighted by Crippen LogP contribution is -2.22. The second-order valence-corrected chi connectivity index (χ2v) is 4.84. The largest absolute Gasteiger partial charge is 0.294 e. The van der Waals surface area contributed by atoms with Crippen LogP contribution in [0.25, 0.3) is 0 Å². The Morgan fingerprint density at radius 1 is 1.16 bits per heavy atom. The first-order valence-corrected chi connectivity index (χ1v) is 6.67. The molecule has 0 fully saturated rings. The first-order chi connectivity index (χ1) is 9.20. The molecule has 0 unspecified atom stereocenters. The number of hydroxylamine groups is 1. The summed E-state index contributed by atoms with van der Waals surface area (Å²) in [6, 6.07) is 5.92. The van der Waals surface area contributed by atoms with Crippen LogP contribution in [0.2, 0.25) is 0 Å². The van der Waals surface area contributed by atoms with Crippen LogP contribution >= 0.6 is 0 Å². The number of hydrogen-bond donors (Lipinski definition) is 1. The van der Waals surface area contributed by atoms with Crippen molar-refractivity contribution < 1.29 is 14.4 Å². The summed E-state index contributed by atoms with van der Waals surface area (Å²) in [4.78, 5) is 27.7. The number of hydrogen-bond acceptors (Lipinski definition) is 3. The Morgan fingerprint density at radius 2 is 1.89 bits per heavy atom. The summed E-state index contributed by atoms with van der Waals surface area (Å²) >= 11 is 0. The van der Waals surface area contributed by atoms with E-state index in [1.54, 1.807) is 0 Å². The van der Waals surface area contributed by atoms with Crippen LogP contribution < -0.4 is 5.48 Å². The van der Waals surface area contributed by atoms with Gasteiger partial charge in [-0.25, -0.2) is 5.48 Å².